The van der Waals surface area contributed by atoms with Crippen molar-refractivity contribution in [1.29, 1.82) is 0 Å². The van der Waals surface area contributed by atoms with Crippen LogP contribution < -0.4 is 28.7 Å². The van der Waals surface area contributed by atoms with Crippen LogP contribution in [0.4, 0.5) is 0 Å². The molecule has 0 fully saturated rings. The van der Waals surface area contributed by atoms with Gasteiger partial charge in [-0.3, -0.25) is 8.42 Å². The van der Waals surface area contributed by atoms with E-state index in [0.717, 1.165) is 0 Å². The van der Waals surface area contributed by atoms with Gasteiger partial charge in [0, 0.05) is 35.2 Å². The summed E-state index contributed by atoms with van der Waals surface area (Å²) in [5.41, 5.74) is -3.15. The molecule has 47 heavy (non-hydrogen) atoms. The summed E-state index contributed by atoms with van der Waals surface area (Å²) in [6.45, 7) is 0. The normalized spacial score (nSPS) is 9.77. The minimum Gasteiger partial charge on any atom is 2.00 e. The van der Waals surface area contributed by atoms with E-state index < -0.39 is 90.4 Å². The van der Waals surface area contributed by atoms with Gasteiger partial charge in [-0.1, -0.05) is 23.9 Å². The molecule has 0 spiro atoms. The van der Waals surface area contributed by atoms with E-state index in [4.69, 9.17) is 43.7 Å². The fraction of sp³-hybridized carbons (Fsp3) is 0.231. The number of carboxylic acids is 4. The fourth-order valence-corrected chi connectivity index (χ4v) is 1.33. The number of carboxylic acid groups (broad SMARTS) is 4. The largest absolute Gasteiger partial charge is 2.00 e. The molecule has 0 atom stereocenters. The van der Waals surface area contributed by atoms with Crippen molar-refractivity contribution in [2.75, 3.05) is 0 Å². The predicted octanol–water partition coefficient (Wildman–Crippen LogP) is -10.8. The van der Waals surface area contributed by atoms with E-state index in [9.17, 15) is 65.5 Å². The average molecular weight is 1090 g/mol. The van der Waals surface area contributed by atoms with Crippen molar-refractivity contribution in [3.8, 4) is 5.75 Å². The zero-order valence-corrected chi connectivity index (χ0v) is 44.5. The molecule has 1 rings (SSSR count). The van der Waals surface area contributed by atoms with E-state index in [2.05, 4.69) is 0 Å². The second-order valence-electron chi connectivity index (χ2n) is 5.85. The number of aliphatic hydroxyl groups is 1. The van der Waals surface area contributed by atoms with Gasteiger partial charge in [0.1, 0.15) is 5.60 Å². The van der Waals surface area contributed by atoms with E-state index in [1.807, 2.05) is 0 Å². The first kappa shape index (κ1) is 72.9. The van der Waals surface area contributed by atoms with Gasteiger partial charge in [-0.25, -0.2) is 21.6 Å². The monoisotopic (exact) mass is 1080 g/mol. The molecule has 0 radical (unpaired) electrons. The summed E-state index contributed by atoms with van der Waals surface area (Å²) in [4.78, 5) is 40.2. The van der Waals surface area contributed by atoms with Gasteiger partial charge in [0.05, 0.1) is 11.5 Å². The topological polar surface area (TPSA) is 476 Å². The van der Waals surface area contributed by atoms with Gasteiger partial charge < -0.3 is 63.2 Å². The molecule has 0 amide bonds. The quantitative estimate of drug-likeness (QED) is 0.111. The minimum absolute atomic E-state index is 0. The van der Waals surface area contributed by atoms with Gasteiger partial charge in [-0.15, -0.1) is 0 Å². The number of rotatable bonds is 7. The van der Waals surface area contributed by atoms with Crippen LogP contribution in [0.1, 0.15) is 23.2 Å². The molecule has 1 aromatic rings. The molecule has 0 saturated carbocycles. The molecule has 34 heteroatoms. The number of carbonyl (C=O) groups is 4. The van der Waals surface area contributed by atoms with Crippen LogP contribution >= 0.6 is 0 Å². The molecule has 24 nitrogen and oxygen atoms in total. The van der Waals surface area contributed by atoms with E-state index in [-0.39, 0.29) is 122 Å². The summed E-state index contributed by atoms with van der Waals surface area (Å²) in [6.07, 6.45) is -2.72. The Bertz CT molecular complexity index is 1410. The van der Waals surface area contributed by atoms with Crippen LogP contribution in [-0.2, 0) is 181 Å². The van der Waals surface area contributed by atoms with E-state index in [1.54, 1.807) is 0 Å². The van der Waals surface area contributed by atoms with Crippen molar-refractivity contribution in [2.24, 2.45) is 0 Å². The third-order valence-corrected chi connectivity index (χ3v) is 4.62. The maximum atomic E-state index is 10.7. The summed E-state index contributed by atoms with van der Waals surface area (Å²) in [5.74, 6) is -7.61. The Kier molecular flexibility index (Phi) is 50.1. The zero-order chi connectivity index (χ0) is 34.2. The molecule has 0 aliphatic rings. The van der Waals surface area contributed by atoms with Gasteiger partial charge in [0.15, 0.2) is 18.3 Å². The molecule has 0 unspecified atom stereocenters. The van der Waals surface area contributed by atoms with Crippen LogP contribution in [0.25, 0.3) is 0 Å². The zero-order valence-electron chi connectivity index (χ0n) is 23.0. The predicted molar refractivity (Wildman–Crippen MR) is 93.3 cm³/mol. The third kappa shape index (κ3) is 56.0. The number of para-hydroxylation sites is 1. The average Bonchev–Trinajstić information content (AvgIpc) is 2.63. The standard InChI is InChI=1S/C7H6O3.C6H8O7.Cr.H2O6S2.H2O4S.4O.6Zn/c8-6-4-2-1-3-5(6)7(9)10;7-3(8)1-6(13,5(11)12)2-4(9)10;;1-7(2,3)8(4,5)6;1-5(2,3)4;;;;;;;;;;/h1-4,8H,(H,9,10);13H,1-2H2,(H,7,8)(H,9,10)(H,11,12);;(H,1,2,3)(H,4,5,6);(H2,1,2,3,4);;;;;;;;;;/q;;;;;;;2*-1;6*+2/p-8. The summed E-state index contributed by atoms with van der Waals surface area (Å²) in [5, 5.41) is 58.0. The molecule has 0 heterocycles. The first-order chi connectivity index (χ1) is 17.7. The Morgan fingerprint density at radius 3 is 1.04 bits per heavy atom. The van der Waals surface area contributed by atoms with Crippen molar-refractivity contribution in [3.05, 3.63) is 29.8 Å². The summed E-state index contributed by atoms with van der Waals surface area (Å²) < 4.78 is 124. The number of hydrogen-bond donors (Lipinski definition) is 2. The van der Waals surface area contributed by atoms with Crippen molar-refractivity contribution in [3.63, 3.8) is 0 Å². The Labute approximate surface area is 342 Å². The van der Waals surface area contributed by atoms with Crippen LogP contribution in [0.3, 0.4) is 0 Å². The Morgan fingerprint density at radius 2 is 0.915 bits per heavy atom. The fourth-order valence-electron chi connectivity index (χ4n) is 1.33. The first-order valence-electron chi connectivity index (χ1n) is 8.32. The second kappa shape index (κ2) is 32.3. The molecule has 1 aromatic carbocycles. The van der Waals surface area contributed by atoms with Gasteiger partial charge in [-0.05, 0) is 6.07 Å². The van der Waals surface area contributed by atoms with Crippen molar-refractivity contribution in [1.82, 2.24) is 0 Å². The summed E-state index contributed by atoms with van der Waals surface area (Å²) in [7, 11) is -16.5. The van der Waals surface area contributed by atoms with Crippen LogP contribution in [0.15, 0.2) is 24.3 Å². The maximum absolute atomic E-state index is 10.7. The van der Waals surface area contributed by atoms with Gasteiger partial charge in [-0.2, -0.15) is 0 Å². The second-order valence-corrected chi connectivity index (χ2v) is 12.0. The van der Waals surface area contributed by atoms with Gasteiger partial charge in [0.25, 0.3) is 0 Å². The number of benzene rings is 1. The number of carbonyl (C=O) groups excluding carboxylic acids is 3. The molecular formula is C13H10CrO24S3Zn6+2. The molecule has 0 saturated heterocycles. The smallest absolute Gasteiger partial charge is 2.00 e. The molecule has 0 aliphatic carbocycles. The molecular weight excluding hydrogens is 1080 g/mol. The van der Waals surface area contributed by atoms with E-state index >= 15 is 0 Å². The first-order valence-corrected chi connectivity index (χ1v) is 15.1. The van der Waals surface area contributed by atoms with E-state index in [1.165, 1.54) is 24.3 Å². The SMILES string of the molecule is O=C(O)c1ccccc1[O-].O=C([O-])CC(O)(CC(=O)[O-])C(=O)[O-].O=S(=O)([O-])S(=O)(=O)[O-].O=S(=O)([O-])[O-].[O]=[Cr](=[O])([O-])[O-].[Zn+2].[Zn+2].[Zn+2].[Zn+2].[Zn+2].[Zn+2]. The Morgan fingerprint density at radius 1 is 0.681 bits per heavy atom. The van der Waals surface area contributed by atoms with Crippen molar-refractivity contribution in [2.45, 2.75) is 18.4 Å². The van der Waals surface area contributed by atoms with Crippen LogP contribution in [-0.4, -0.2) is 83.2 Å². The van der Waals surface area contributed by atoms with Gasteiger partial charge in [0.2, 0.25) is 0 Å². The maximum Gasteiger partial charge on any atom is 2.00 e. The van der Waals surface area contributed by atoms with Crippen LogP contribution in [0, 0.1) is 0 Å². The van der Waals surface area contributed by atoms with Crippen molar-refractivity contribution >= 4 is 52.6 Å². The van der Waals surface area contributed by atoms with Crippen LogP contribution in [0.2, 0.25) is 0 Å². The minimum atomic E-state index is -5.75. The number of hydrogen-bond acceptors (Lipinski definition) is 23. The van der Waals surface area contributed by atoms with Gasteiger partial charge >= 0.3 is 152 Å². The molecule has 0 aromatic heterocycles. The number of aromatic carboxylic acids is 1. The third-order valence-electron chi connectivity index (χ3n) is 2.62. The summed E-state index contributed by atoms with van der Waals surface area (Å²) in [6, 6.07) is 5.54. The van der Waals surface area contributed by atoms with E-state index in [0.29, 0.717) is 0 Å². The Hall–Kier alpha value is 0.343. The molecule has 2 N–H and O–H groups in total. The van der Waals surface area contributed by atoms with Crippen LogP contribution in [0.5, 0.6) is 5.75 Å². The molecule has 0 aliphatic heterocycles. The Balaban J connectivity index is -0.0000000459. The number of aliphatic carboxylic acids is 3. The molecule has 0 bridgehead atoms. The van der Waals surface area contributed by atoms with Crippen molar-refractivity contribution < 1.29 is 240 Å². The summed E-state index contributed by atoms with van der Waals surface area (Å²) >= 11 is -5.75. The molecule has 240 valence electrons.